The Morgan fingerprint density at radius 2 is 1.94 bits per heavy atom. The van der Waals surface area contributed by atoms with Crippen molar-refractivity contribution in [2.75, 3.05) is 0 Å². The molecule has 0 aliphatic carbocycles. The number of benzene rings is 1. The Balaban J connectivity index is 2.76. The van der Waals surface area contributed by atoms with Gasteiger partial charge in [-0.15, -0.1) is 0 Å². The topological polar surface area (TPSA) is 22.0 Å². The maximum atomic E-state index is 12.1. The zero-order chi connectivity index (χ0) is 11.5. The van der Waals surface area contributed by atoms with Gasteiger partial charge in [-0.2, -0.15) is 0 Å². The number of allylic oxidation sites excluding steroid dienone is 1. The van der Waals surface area contributed by atoms with Crippen molar-refractivity contribution in [3.05, 3.63) is 62.7 Å². The van der Waals surface area contributed by atoms with Crippen molar-refractivity contribution >= 4 is 27.4 Å². The predicted molar refractivity (Wildman–Crippen MR) is 68.4 cm³/mol. The fraction of sp³-hybridized carbons (Fsp3) is 0. The van der Waals surface area contributed by atoms with Crippen LogP contribution in [0, 0.1) is 0 Å². The molecular weight excluding hydrogens is 265 g/mol. The summed E-state index contributed by atoms with van der Waals surface area (Å²) in [6.45, 7) is 7.54. The summed E-state index contributed by atoms with van der Waals surface area (Å²) in [5.41, 5.74) is 0.956. The molecule has 3 heteroatoms. The summed E-state index contributed by atoms with van der Waals surface area (Å²) in [6, 6.07) is 9.66. The third-order valence-corrected chi connectivity index (χ3v) is 4.29. The van der Waals surface area contributed by atoms with Crippen LogP contribution in [0.4, 0.5) is 0 Å². The molecule has 0 atom stereocenters. The second-order valence-corrected chi connectivity index (χ2v) is 5.45. The van der Waals surface area contributed by atoms with Crippen molar-refractivity contribution in [2.24, 2.45) is 0 Å². The Morgan fingerprint density at radius 3 is 2.56 bits per heavy atom. The van der Waals surface area contributed by atoms with Gasteiger partial charge in [0.05, 0.1) is 0 Å². The molecule has 2 rings (SSSR count). The second-order valence-electron chi connectivity index (χ2n) is 3.27. The van der Waals surface area contributed by atoms with E-state index in [0.29, 0.717) is 5.22 Å². The molecule has 16 heavy (non-hydrogen) atoms. The van der Waals surface area contributed by atoms with Gasteiger partial charge in [0.15, 0.2) is 0 Å². The van der Waals surface area contributed by atoms with E-state index in [-0.39, 0.29) is 20.3 Å². The first kappa shape index (κ1) is 10.9. The van der Waals surface area contributed by atoms with Gasteiger partial charge < -0.3 is 0 Å². The van der Waals surface area contributed by atoms with Crippen LogP contribution in [0.1, 0.15) is 0 Å². The minimum atomic E-state index is -0.0344. The van der Waals surface area contributed by atoms with E-state index in [1.54, 1.807) is 15.7 Å². The van der Waals surface area contributed by atoms with E-state index in [1.165, 1.54) is 0 Å². The summed E-state index contributed by atoms with van der Waals surface area (Å²) in [7, 11) is 0. The van der Waals surface area contributed by atoms with Gasteiger partial charge in [0.2, 0.25) is 0 Å². The van der Waals surface area contributed by atoms with Crippen LogP contribution >= 0.6 is 0 Å². The first-order valence-electron chi connectivity index (χ1n) is 4.83. The number of hydrogen-bond acceptors (Lipinski definition) is 1. The Kier molecular flexibility index (Phi) is 3.09. The second kappa shape index (κ2) is 4.52. The molecule has 2 aromatic rings. The van der Waals surface area contributed by atoms with Gasteiger partial charge >= 0.3 is 99.3 Å². The van der Waals surface area contributed by atoms with E-state index in [4.69, 9.17) is 0 Å². The van der Waals surface area contributed by atoms with Gasteiger partial charge in [-0.1, -0.05) is 0 Å². The minimum absolute atomic E-state index is 0.0242. The standard InChI is InChI=1S/C13H11NOSe/c1-3-7-12-10(2)16-14(13(12)15)11-8-5-4-6-9-11/h3-9H,1-2H2/b12-7+. The molecule has 80 valence electrons. The summed E-state index contributed by atoms with van der Waals surface area (Å²) in [5.74, 6) is 0. The average molecular weight is 276 g/mol. The number of rotatable bonds is 2. The molecule has 0 aliphatic heterocycles. The van der Waals surface area contributed by atoms with Gasteiger partial charge in [-0.3, -0.25) is 0 Å². The Bertz CT molecular complexity index is 664. The van der Waals surface area contributed by atoms with Gasteiger partial charge in [0.1, 0.15) is 0 Å². The molecule has 0 radical (unpaired) electrons. The molecule has 0 unspecified atom stereocenters. The van der Waals surface area contributed by atoms with Crippen LogP contribution in [0.5, 0.6) is 0 Å². The monoisotopic (exact) mass is 277 g/mol. The van der Waals surface area contributed by atoms with Gasteiger partial charge in [-0.05, 0) is 0 Å². The number of hydrogen-bond donors (Lipinski definition) is 0. The molecule has 0 bridgehead atoms. The zero-order valence-corrected chi connectivity index (χ0v) is 10.4. The van der Waals surface area contributed by atoms with Crippen molar-refractivity contribution < 1.29 is 0 Å². The van der Waals surface area contributed by atoms with Crippen LogP contribution in [0.3, 0.4) is 0 Å². The van der Waals surface area contributed by atoms with Gasteiger partial charge in [0, 0.05) is 0 Å². The molecule has 0 N–H and O–H groups in total. The normalized spacial score (nSPS) is 11.6. The van der Waals surface area contributed by atoms with E-state index < -0.39 is 0 Å². The van der Waals surface area contributed by atoms with Crippen LogP contribution in [-0.2, 0) is 0 Å². The van der Waals surface area contributed by atoms with E-state index in [2.05, 4.69) is 13.2 Å². The Hall–Kier alpha value is -1.57. The fourth-order valence-electron chi connectivity index (χ4n) is 1.44. The molecule has 0 saturated heterocycles. The molecule has 1 aromatic carbocycles. The summed E-state index contributed by atoms with van der Waals surface area (Å²) in [6.07, 6.45) is 3.36. The Morgan fingerprint density at radius 1 is 1.25 bits per heavy atom. The number of para-hydroxylation sites is 1. The first-order chi connectivity index (χ1) is 7.74. The third-order valence-electron chi connectivity index (χ3n) is 2.19. The summed E-state index contributed by atoms with van der Waals surface area (Å²) >= 11 is -0.0344. The number of aromatic nitrogens is 1. The molecule has 0 saturated carbocycles. The summed E-state index contributed by atoms with van der Waals surface area (Å²) < 4.78 is 2.69. The molecule has 2 nitrogen and oxygen atoms in total. The molecule has 1 heterocycles. The van der Waals surface area contributed by atoms with Crippen molar-refractivity contribution in [3.63, 3.8) is 0 Å². The SMILES string of the molecule is C=C/C=c1\c(=C)[se]n(-c2ccccc2)c1=O. The van der Waals surface area contributed by atoms with Crippen LogP contribution in [-0.4, -0.2) is 18.3 Å². The molecular formula is C13H11NOSe. The summed E-state index contributed by atoms with van der Waals surface area (Å²) in [5, 5.41) is 0.679. The van der Waals surface area contributed by atoms with Crippen LogP contribution < -0.4 is 14.9 Å². The quantitative estimate of drug-likeness (QED) is 0.722. The maximum absolute atomic E-state index is 12.1. The van der Waals surface area contributed by atoms with Crippen LogP contribution in [0.2, 0.25) is 0 Å². The van der Waals surface area contributed by atoms with E-state index >= 15 is 0 Å². The van der Waals surface area contributed by atoms with E-state index in [9.17, 15) is 4.79 Å². The summed E-state index contributed by atoms with van der Waals surface area (Å²) in [4.78, 5) is 12.1. The predicted octanol–water partition coefficient (Wildman–Crippen LogP) is 0.271. The van der Waals surface area contributed by atoms with Crippen molar-refractivity contribution in [1.82, 2.24) is 3.56 Å². The van der Waals surface area contributed by atoms with E-state index in [1.807, 2.05) is 30.3 Å². The fourth-order valence-corrected chi connectivity index (χ4v) is 3.30. The molecule has 0 aliphatic rings. The van der Waals surface area contributed by atoms with Crippen molar-refractivity contribution in [1.29, 1.82) is 0 Å². The zero-order valence-electron chi connectivity index (χ0n) is 8.72. The van der Waals surface area contributed by atoms with Crippen LogP contribution in [0.25, 0.3) is 18.3 Å². The van der Waals surface area contributed by atoms with Gasteiger partial charge in [-0.25, -0.2) is 0 Å². The van der Waals surface area contributed by atoms with E-state index in [0.717, 1.165) is 9.78 Å². The third kappa shape index (κ3) is 1.87. The average Bonchev–Trinajstić information content (AvgIpc) is 2.59. The Labute approximate surface area is 99.4 Å². The van der Waals surface area contributed by atoms with Crippen molar-refractivity contribution in [2.45, 2.75) is 0 Å². The molecule has 0 fully saturated rings. The number of nitrogens with zero attached hydrogens (tertiary/aromatic N) is 1. The molecule has 0 amide bonds. The van der Waals surface area contributed by atoms with Crippen molar-refractivity contribution in [3.8, 4) is 5.69 Å². The van der Waals surface area contributed by atoms with Crippen LogP contribution in [0.15, 0.2) is 47.8 Å². The first-order valence-corrected chi connectivity index (χ1v) is 6.46. The van der Waals surface area contributed by atoms with Gasteiger partial charge in [0.25, 0.3) is 0 Å². The molecule has 1 aromatic heterocycles. The molecule has 0 spiro atoms.